The molecular formula is C53H68N8O10S2. The molecule has 4 saturated heterocycles. The minimum absolute atomic E-state index is 0.0747. The molecule has 0 radical (unpaired) electrons. The van der Waals surface area contributed by atoms with E-state index in [1.807, 2.05) is 49.0 Å². The number of hydrazine groups is 1. The molecule has 73 heavy (non-hydrogen) atoms. The summed E-state index contributed by atoms with van der Waals surface area (Å²) in [6.45, 7) is 13.5. The van der Waals surface area contributed by atoms with E-state index in [0.717, 1.165) is 48.3 Å². The first-order valence-corrected chi connectivity index (χ1v) is 28.9. The van der Waals surface area contributed by atoms with Gasteiger partial charge in [0.1, 0.15) is 32.3 Å². The van der Waals surface area contributed by atoms with E-state index in [9.17, 15) is 16.8 Å². The smallest absolute Gasteiger partial charge is 0.318 e. The molecule has 4 aliphatic rings. The summed E-state index contributed by atoms with van der Waals surface area (Å²) in [4.78, 5) is 15.2. The average Bonchev–Trinajstić information content (AvgIpc) is 4.25. The van der Waals surface area contributed by atoms with Crippen molar-refractivity contribution in [1.29, 1.82) is 0 Å². The molecule has 392 valence electrons. The fourth-order valence-corrected chi connectivity index (χ4v) is 14.2. The zero-order valence-corrected chi connectivity index (χ0v) is 44.0. The number of hydrogen-bond donors (Lipinski definition) is 0. The Balaban J connectivity index is 1.04. The van der Waals surface area contributed by atoms with Gasteiger partial charge < -0.3 is 27.8 Å². The van der Waals surface area contributed by atoms with Crippen molar-refractivity contribution in [3.8, 4) is 23.0 Å². The minimum atomic E-state index is -3.90. The van der Waals surface area contributed by atoms with Crippen LogP contribution in [0.2, 0.25) is 0 Å². The first-order chi connectivity index (χ1) is 35.5. The van der Waals surface area contributed by atoms with Crippen molar-refractivity contribution in [2.45, 2.75) is 107 Å². The van der Waals surface area contributed by atoms with Crippen LogP contribution in [-0.4, -0.2) is 137 Å². The summed E-state index contributed by atoms with van der Waals surface area (Å²) in [6, 6.07) is 22.3. The molecule has 6 heterocycles. The number of rotatable bonds is 20. The van der Waals surface area contributed by atoms with Crippen LogP contribution in [0.4, 0.5) is 12.0 Å². The number of benzene rings is 4. The van der Waals surface area contributed by atoms with Crippen molar-refractivity contribution in [3.05, 3.63) is 83.9 Å². The highest BCUT2D eigenvalue weighted by atomic mass is 32.2. The Hall–Kier alpha value is -5.64. The Morgan fingerprint density at radius 1 is 0.548 bits per heavy atom. The number of aromatic nitrogens is 2. The topological polar surface area (TPSA) is 177 Å². The van der Waals surface area contributed by atoms with Crippen molar-refractivity contribution in [2.75, 3.05) is 89.3 Å². The summed E-state index contributed by atoms with van der Waals surface area (Å²) in [5.74, 6) is 2.92. The van der Waals surface area contributed by atoms with Crippen molar-refractivity contribution >= 4 is 54.3 Å². The van der Waals surface area contributed by atoms with Gasteiger partial charge in [0, 0.05) is 71.5 Å². The Kier molecular flexibility index (Phi) is 15.4. The molecule has 18 nitrogen and oxygen atoms in total. The molecule has 0 saturated carbocycles. The molecule has 6 aromatic rings. The van der Waals surface area contributed by atoms with Crippen LogP contribution in [0.25, 0.3) is 22.2 Å². The first-order valence-electron chi connectivity index (χ1n) is 26.0. The number of nitrogens with zero attached hydrogens (tertiary/aromatic N) is 8. The second-order valence-corrected chi connectivity index (χ2v) is 23.0. The third kappa shape index (κ3) is 10.7. The maximum atomic E-state index is 14.3. The van der Waals surface area contributed by atoms with Gasteiger partial charge in [-0.1, -0.05) is 18.2 Å². The van der Waals surface area contributed by atoms with Gasteiger partial charge in [-0.15, -0.1) is 0 Å². The van der Waals surface area contributed by atoms with Gasteiger partial charge in [0.05, 0.1) is 39.0 Å². The van der Waals surface area contributed by atoms with Gasteiger partial charge in [-0.05, 0) is 132 Å². The van der Waals surface area contributed by atoms with Crippen LogP contribution in [0, 0.1) is 0 Å². The van der Waals surface area contributed by atoms with Crippen LogP contribution in [0.3, 0.4) is 0 Å². The SMILES string of the molecule is CCOc1cc(CN2CCC(N(c3nc4cccc(S(=O)(=O)N5CCCC5)c4o3)N(c3nc4cccc(S(=O)(=O)N5CCCC5)c4o3)C3CCN(Cc4ccc(OC)c(OCC)c4)CC3)CC2)cc(OCC)c1. The Morgan fingerprint density at radius 2 is 1.00 bits per heavy atom. The van der Waals surface area contributed by atoms with Crippen molar-refractivity contribution in [3.63, 3.8) is 0 Å². The standard InChI is InChI=1S/C53H68N8O10S2/c1-5-67-42-32-39(33-43(35-42)68-6-2)37-57-30-22-41(23-31-57)61(53-55-45-15-13-17-49(51(45)71-53)73(64,65)59-26-10-11-27-59)60(40-20-28-56(29-21-40)36-38-18-19-46(66-4)47(34-38)69-7-3)52-54-44-14-12-16-48(50(44)70-52)72(62,63)58-24-8-9-25-58/h12-19,32-35,40-41H,5-11,20-31,36-37H2,1-4H3. The molecule has 20 heteroatoms. The van der Waals surface area contributed by atoms with Gasteiger partial charge in [-0.3, -0.25) is 9.80 Å². The number of piperidine rings is 2. The lowest BCUT2D eigenvalue weighted by Gasteiger charge is -2.47. The summed E-state index contributed by atoms with van der Waals surface area (Å²) in [6.07, 6.45) is 5.87. The maximum absolute atomic E-state index is 14.3. The molecule has 4 fully saturated rings. The van der Waals surface area contributed by atoms with E-state index < -0.39 is 20.0 Å². The van der Waals surface area contributed by atoms with E-state index in [-0.39, 0.29) is 45.1 Å². The molecule has 0 unspecified atom stereocenters. The molecule has 0 N–H and O–H groups in total. The molecule has 0 spiro atoms. The molecule has 4 aliphatic heterocycles. The van der Waals surface area contributed by atoms with E-state index >= 15 is 0 Å². The van der Waals surface area contributed by atoms with Gasteiger partial charge >= 0.3 is 12.0 Å². The van der Waals surface area contributed by atoms with E-state index in [0.29, 0.717) is 133 Å². The second-order valence-electron chi connectivity index (χ2n) is 19.2. The number of ether oxygens (including phenoxy) is 4. The highest BCUT2D eigenvalue weighted by Gasteiger charge is 2.41. The summed E-state index contributed by atoms with van der Waals surface area (Å²) in [5, 5.41) is 4.09. The van der Waals surface area contributed by atoms with Crippen LogP contribution in [0.15, 0.2) is 91.4 Å². The van der Waals surface area contributed by atoms with Gasteiger partial charge in [-0.25, -0.2) is 26.9 Å². The first kappa shape index (κ1) is 50.9. The molecule has 4 aromatic carbocycles. The minimum Gasteiger partial charge on any atom is -0.494 e. The number of likely N-dealkylation sites (tertiary alicyclic amines) is 2. The third-order valence-corrected chi connectivity index (χ3v) is 18.3. The summed E-state index contributed by atoms with van der Waals surface area (Å²) in [7, 11) is -6.16. The van der Waals surface area contributed by atoms with Gasteiger partial charge in [-0.2, -0.15) is 18.6 Å². The molecular weight excluding hydrogens is 973 g/mol. The van der Waals surface area contributed by atoms with E-state index in [2.05, 4.69) is 28.0 Å². The second kappa shape index (κ2) is 22.1. The molecule has 0 bridgehead atoms. The van der Waals surface area contributed by atoms with Crippen LogP contribution in [0.5, 0.6) is 23.0 Å². The predicted molar refractivity (Wildman–Crippen MR) is 279 cm³/mol. The lowest BCUT2D eigenvalue weighted by molar-refractivity contribution is 0.178. The number of oxazole rings is 2. The van der Waals surface area contributed by atoms with E-state index in [1.165, 1.54) is 8.61 Å². The fourth-order valence-electron chi connectivity index (χ4n) is 10.9. The van der Waals surface area contributed by atoms with Crippen LogP contribution >= 0.6 is 0 Å². The zero-order valence-electron chi connectivity index (χ0n) is 42.4. The van der Waals surface area contributed by atoms with Crippen molar-refractivity contribution < 1.29 is 44.6 Å². The van der Waals surface area contributed by atoms with Crippen LogP contribution < -0.4 is 29.0 Å². The molecule has 10 rings (SSSR count). The summed E-state index contributed by atoms with van der Waals surface area (Å²) in [5.41, 5.74) is 3.37. The summed E-state index contributed by atoms with van der Waals surface area (Å²) >= 11 is 0. The Morgan fingerprint density at radius 3 is 1.44 bits per heavy atom. The number of para-hydroxylation sites is 2. The molecule has 0 atom stereocenters. The van der Waals surface area contributed by atoms with Crippen LogP contribution in [-0.2, 0) is 33.1 Å². The Labute approximate surface area is 428 Å². The normalized spacial score (nSPS) is 18.2. The highest BCUT2D eigenvalue weighted by molar-refractivity contribution is 7.89. The third-order valence-electron chi connectivity index (χ3n) is 14.4. The molecule has 0 aliphatic carbocycles. The monoisotopic (exact) mass is 1040 g/mol. The van der Waals surface area contributed by atoms with E-state index in [1.54, 1.807) is 43.5 Å². The largest absolute Gasteiger partial charge is 0.494 e. The van der Waals surface area contributed by atoms with Crippen molar-refractivity contribution in [2.24, 2.45) is 0 Å². The number of methoxy groups -OCH3 is 1. The fraction of sp³-hybridized carbons (Fsp3) is 0.509. The zero-order chi connectivity index (χ0) is 50.7. The number of sulfonamides is 2. The number of fused-ring (bicyclic) bond motifs is 2. The van der Waals surface area contributed by atoms with Gasteiger partial charge in [0.15, 0.2) is 22.7 Å². The van der Waals surface area contributed by atoms with Crippen LogP contribution in [0.1, 0.15) is 83.3 Å². The predicted octanol–water partition coefficient (Wildman–Crippen LogP) is 8.30. The average molecular weight is 1040 g/mol. The quantitative estimate of drug-likeness (QED) is 0.0667. The highest BCUT2D eigenvalue weighted by Crippen LogP contribution is 2.40. The number of hydrogen-bond acceptors (Lipinski definition) is 16. The van der Waals surface area contributed by atoms with Gasteiger partial charge in [0.25, 0.3) is 0 Å². The lowest BCUT2D eigenvalue weighted by atomic mass is 10.0. The number of anilines is 2. The van der Waals surface area contributed by atoms with E-state index in [4.69, 9.17) is 37.7 Å². The lowest BCUT2D eigenvalue weighted by Crippen LogP contribution is -2.59. The molecule has 2 aromatic heterocycles. The maximum Gasteiger partial charge on any atom is 0.318 e. The summed E-state index contributed by atoms with van der Waals surface area (Å²) < 4.78 is 97.2. The van der Waals surface area contributed by atoms with Crippen molar-refractivity contribution in [1.82, 2.24) is 28.4 Å². The van der Waals surface area contributed by atoms with Gasteiger partial charge in [0.2, 0.25) is 20.0 Å². The molecule has 0 amide bonds. The Bertz CT molecular complexity index is 3060.